The van der Waals surface area contributed by atoms with E-state index >= 15 is 0 Å². The Morgan fingerprint density at radius 3 is 2.62 bits per heavy atom. The lowest BCUT2D eigenvalue weighted by Gasteiger charge is -2.01. The summed E-state index contributed by atoms with van der Waals surface area (Å²) >= 11 is 10.9. The van der Waals surface area contributed by atoms with Crippen molar-refractivity contribution in [3.8, 4) is 11.3 Å². The van der Waals surface area contributed by atoms with Crippen molar-refractivity contribution in [1.82, 2.24) is 4.98 Å². The third-order valence-corrected chi connectivity index (χ3v) is 4.59. The Morgan fingerprint density at radius 2 is 1.90 bits per heavy atom. The van der Waals surface area contributed by atoms with E-state index in [2.05, 4.69) is 20.9 Å². The summed E-state index contributed by atoms with van der Waals surface area (Å²) in [5.41, 5.74) is 2.18. The third-order valence-electron chi connectivity index (χ3n) is 2.94. The number of hydrogen-bond acceptors (Lipinski definition) is 3. The van der Waals surface area contributed by atoms with Crippen LogP contribution in [0.15, 0.2) is 58.4 Å². The lowest BCUT2D eigenvalue weighted by atomic mass is 10.1. The van der Waals surface area contributed by atoms with E-state index in [1.807, 2.05) is 41.8 Å². The second kappa shape index (κ2) is 6.10. The predicted molar refractivity (Wildman–Crippen MR) is 90.1 cm³/mol. The Kier molecular flexibility index (Phi) is 4.19. The average molecular weight is 379 g/mol. The molecule has 1 heterocycles. The molecule has 3 rings (SSSR count). The number of rotatable bonds is 3. The van der Waals surface area contributed by atoms with Crippen LogP contribution in [0.25, 0.3) is 11.3 Å². The van der Waals surface area contributed by atoms with Gasteiger partial charge in [0.15, 0.2) is 5.01 Å². The van der Waals surface area contributed by atoms with Gasteiger partial charge in [0.05, 0.1) is 10.7 Å². The first kappa shape index (κ1) is 14.4. The Morgan fingerprint density at radius 1 is 1.14 bits per heavy atom. The van der Waals surface area contributed by atoms with Crippen LogP contribution in [-0.4, -0.2) is 10.8 Å². The number of ketones is 1. The molecule has 0 amide bonds. The molecule has 3 aromatic rings. The molecule has 0 aliphatic heterocycles. The zero-order valence-corrected chi connectivity index (χ0v) is 13.9. The molecule has 0 spiro atoms. The quantitative estimate of drug-likeness (QED) is 0.567. The van der Waals surface area contributed by atoms with Gasteiger partial charge in [-0.1, -0.05) is 63.9 Å². The van der Waals surface area contributed by atoms with Gasteiger partial charge >= 0.3 is 0 Å². The van der Waals surface area contributed by atoms with Crippen LogP contribution in [0.3, 0.4) is 0 Å². The van der Waals surface area contributed by atoms with Gasteiger partial charge < -0.3 is 0 Å². The first-order valence-electron chi connectivity index (χ1n) is 6.16. The number of hydrogen-bond donors (Lipinski definition) is 0. The highest BCUT2D eigenvalue weighted by Gasteiger charge is 2.15. The van der Waals surface area contributed by atoms with Crippen molar-refractivity contribution in [3.05, 3.63) is 74.0 Å². The first-order valence-corrected chi connectivity index (χ1v) is 8.21. The maximum atomic E-state index is 12.3. The Bertz CT molecular complexity index is 801. The molecule has 0 aliphatic rings. The van der Waals surface area contributed by atoms with Crippen molar-refractivity contribution >= 4 is 44.7 Å². The largest absolute Gasteiger partial charge is 0.286 e. The molecule has 1 aromatic heterocycles. The van der Waals surface area contributed by atoms with Crippen molar-refractivity contribution in [2.45, 2.75) is 0 Å². The van der Waals surface area contributed by atoms with E-state index in [0.29, 0.717) is 15.6 Å². The highest BCUT2D eigenvalue weighted by molar-refractivity contribution is 9.10. The Labute approximate surface area is 139 Å². The van der Waals surface area contributed by atoms with E-state index in [9.17, 15) is 4.79 Å². The first-order chi connectivity index (χ1) is 10.1. The Balaban J connectivity index is 1.95. The minimum Gasteiger partial charge on any atom is -0.286 e. The van der Waals surface area contributed by atoms with Crippen molar-refractivity contribution in [3.63, 3.8) is 0 Å². The minimum absolute atomic E-state index is 0.0694. The average Bonchev–Trinajstić information content (AvgIpc) is 2.97. The van der Waals surface area contributed by atoms with Gasteiger partial charge in [0.25, 0.3) is 0 Å². The van der Waals surface area contributed by atoms with Crippen LogP contribution in [0, 0.1) is 0 Å². The molecule has 0 saturated heterocycles. The standard InChI is InChI=1S/C16H9BrClNOS/c17-11-6-7-12(13(18)8-11)14-9-21-16(19-14)15(20)10-4-2-1-3-5-10/h1-9H. The van der Waals surface area contributed by atoms with Crippen LogP contribution in [0.2, 0.25) is 5.02 Å². The summed E-state index contributed by atoms with van der Waals surface area (Å²) in [7, 11) is 0. The zero-order valence-electron chi connectivity index (χ0n) is 10.7. The van der Waals surface area contributed by atoms with E-state index in [4.69, 9.17) is 11.6 Å². The zero-order chi connectivity index (χ0) is 14.8. The van der Waals surface area contributed by atoms with E-state index < -0.39 is 0 Å². The van der Waals surface area contributed by atoms with Gasteiger partial charge in [0, 0.05) is 21.0 Å². The topological polar surface area (TPSA) is 30.0 Å². The number of aromatic nitrogens is 1. The molecule has 0 bridgehead atoms. The summed E-state index contributed by atoms with van der Waals surface area (Å²) < 4.78 is 0.909. The number of halogens is 2. The summed E-state index contributed by atoms with van der Waals surface area (Å²) in [5.74, 6) is -0.0694. The van der Waals surface area contributed by atoms with Crippen LogP contribution in [0.4, 0.5) is 0 Å². The van der Waals surface area contributed by atoms with Crippen LogP contribution in [0.5, 0.6) is 0 Å². The second-order valence-corrected chi connectivity index (χ2v) is 6.54. The van der Waals surface area contributed by atoms with Gasteiger partial charge in [-0.05, 0) is 12.1 Å². The van der Waals surface area contributed by atoms with Gasteiger partial charge in [-0.3, -0.25) is 4.79 Å². The fourth-order valence-corrected chi connectivity index (χ4v) is 3.46. The highest BCUT2D eigenvalue weighted by atomic mass is 79.9. The number of nitrogens with zero attached hydrogens (tertiary/aromatic N) is 1. The molecular formula is C16H9BrClNOS. The van der Waals surface area contributed by atoms with Crippen molar-refractivity contribution in [1.29, 1.82) is 0 Å². The molecule has 0 radical (unpaired) electrons. The second-order valence-electron chi connectivity index (χ2n) is 4.36. The molecule has 2 nitrogen and oxygen atoms in total. The van der Waals surface area contributed by atoms with Gasteiger partial charge in [0.2, 0.25) is 5.78 Å². The molecule has 0 atom stereocenters. The van der Waals surface area contributed by atoms with Gasteiger partial charge in [0.1, 0.15) is 0 Å². The monoisotopic (exact) mass is 377 g/mol. The van der Waals surface area contributed by atoms with E-state index in [-0.39, 0.29) is 5.78 Å². The summed E-state index contributed by atoms with van der Waals surface area (Å²) in [5, 5.41) is 2.93. The molecule has 0 fully saturated rings. The molecular weight excluding hydrogens is 370 g/mol. The fourth-order valence-electron chi connectivity index (χ4n) is 1.91. The van der Waals surface area contributed by atoms with Crippen molar-refractivity contribution in [2.24, 2.45) is 0 Å². The highest BCUT2D eigenvalue weighted by Crippen LogP contribution is 2.31. The Hall–Kier alpha value is -1.49. The lowest BCUT2D eigenvalue weighted by molar-refractivity contribution is 0.103. The molecule has 0 unspecified atom stereocenters. The van der Waals surface area contributed by atoms with Crippen LogP contribution >= 0.6 is 38.9 Å². The molecule has 0 aliphatic carbocycles. The molecule has 2 aromatic carbocycles. The molecule has 5 heteroatoms. The maximum absolute atomic E-state index is 12.3. The minimum atomic E-state index is -0.0694. The number of carbonyl (C=O) groups excluding carboxylic acids is 1. The number of thiazole rings is 1. The molecule has 0 N–H and O–H groups in total. The fraction of sp³-hybridized carbons (Fsp3) is 0. The van der Waals surface area contributed by atoms with E-state index in [1.165, 1.54) is 11.3 Å². The predicted octanol–water partition coefficient (Wildman–Crippen LogP) is 5.46. The van der Waals surface area contributed by atoms with E-state index in [1.54, 1.807) is 12.1 Å². The molecule has 0 saturated carbocycles. The maximum Gasteiger partial charge on any atom is 0.221 e. The van der Waals surface area contributed by atoms with Crippen molar-refractivity contribution < 1.29 is 4.79 Å². The third kappa shape index (κ3) is 3.07. The summed E-state index contributed by atoms with van der Waals surface area (Å²) in [4.78, 5) is 16.8. The van der Waals surface area contributed by atoms with Gasteiger partial charge in [-0.25, -0.2) is 4.98 Å². The van der Waals surface area contributed by atoms with Crippen LogP contribution in [0.1, 0.15) is 15.4 Å². The lowest BCUT2D eigenvalue weighted by Crippen LogP contribution is -2.00. The summed E-state index contributed by atoms with van der Waals surface area (Å²) in [6, 6.07) is 14.7. The van der Waals surface area contributed by atoms with Gasteiger partial charge in [-0.2, -0.15) is 0 Å². The number of carbonyl (C=O) groups is 1. The SMILES string of the molecule is O=C(c1ccccc1)c1nc(-c2ccc(Br)cc2Cl)cs1. The normalized spacial score (nSPS) is 10.6. The molecule has 104 valence electrons. The van der Waals surface area contributed by atoms with Crippen LogP contribution in [-0.2, 0) is 0 Å². The number of benzene rings is 2. The molecule has 21 heavy (non-hydrogen) atoms. The summed E-state index contributed by atoms with van der Waals surface area (Å²) in [6.45, 7) is 0. The van der Waals surface area contributed by atoms with Crippen LogP contribution < -0.4 is 0 Å². The van der Waals surface area contributed by atoms with Crippen molar-refractivity contribution in [2.75, 3.05) is 0 Å². The summed E-state index contributed by atoms with van der Waals surface area (Å²) in [6.07, 6.45) is 0. The van der Waals surface area contributed by atoms with Gasteiger partial charge in [-0.15, -0.1) is 11.3 Å². The van der Waals surface area contributed by atoms with E-state index in [0.717, 1.165) is 15.7 Å². The smallest absolute Gasteiger partial charge is 0.221 e.